The van der Waals surface area contributed by atoms with Crippen molar-refractivity contribution < 1.29 is 4.74 Å². The van der Waals surface area contributed by atoms with Gasteiger partial charge in [0, 0.05) is 27.2 Å². The lowest BCUT2D eigenvalue weighted by Gasteiger charge is -2.38. The Morgan fingerprint density at radius 1 is 1.28 bits per heavy atom. The fourth-order valence-electron chi connectivity index (χ4n) is 1.86. The monoisotopic (exact) mass is 271 g/mol. The van der Waals surface area contributed by atoms with Gasteiger partial charge < -0.3 is 14.5 Å². The Hall–Kier alpha value is -1.14. The van der Waals surface area contributed by atoms with Gasteiger partial charge in [0.2, 0.25) is 17.2 Å². The Morgan fingerprint density at radius 3 is 2.61 bits per heavy atom. The summed E-state index contributed by atoms with van der Waals surface area (Å²) in [5.41, 5.74) is -0.199. The van der Waals surface area contributed by atoms with Gasteiger partial charge in [-0.1, -0.05) is 0 Å². The average molecular weight is 272 g/mol. The number of anilines is 2. The summed E-state index contributed by atoms with van der Waals surface area (Å²) in [4.78, 5) is 16.6. The van der Waals surface area contributed by atoms with Gasteiger partial charge in [0.1, 0.15) is 0 Å². The van der Waals surface area contributed by atoms with E-state index >= 15 is 0 Å². The van der Waals surface area contributed by atoms with Crippen molar-refractivity contribution >= 4 is 23.5 Å². The van der Waals surface area contributed by atoms with Crippen molar-refractivity contribution in [2.24, 2.45) is 0 Å². The average Bonchev–Trinajstić information content (AvgIpc) is 2.26. The van der Waals surface area contributed by atoms with E-state index in [9.17, 15) is 0 Å². The third-order valence-electron chi connectivity index (χ3n) is 2.69. The number of nitrogens with zero attached hydrogens (tertiary/aromatic N) is 5. The summed E-state index contributed by atoms with van der Waals surface area (Å²) in [6.45, 7) is 6.26. The molecule has 6 nitrogen and oxygen atoms in total. The summed E-state index contributed by atoms with van der Waals surface area (Å²) < 4.78 is 5.67. The molecule has 0 amide bonds. The molecule has 0 atom stereocenters. The highest BCUT2D eigenvalue weighted by atomic mass is 35.5. The van der Waals surface area contributed by atoms with Crippen molar-refractivity contribution in [3.63, 3.8) is 0 Å². The predicted molar refractivity (Wildman–Crippen MR) is 71.4 cm³/mol. The minimum Gasteiger partial charge on any atom is -0.372 e. The number of aromatic nitrogens is 3. The molecule has 100 valence electrons. The van der Waals surface area contributed by atoms with Gasteiger partial charge in [-0.15, -0.1) is 0 Å². The first-order valence-electron chi connectivity index (χ1n) is 5.85. The lowest BCUT2D eigenvalue weighted by atomic mass is 10.1. The van der Waals surface area contributed by atoms with Crippen LogP contribution in [0.1, 0.15) is 13.8 Å². The Bertz CT molecular complexity index is 437. The fraction of sp³-hybridized carbons (Fsp3) is 0.727. The number of morpholine rings is 1. The van der Waals surface area contributed by atoms with Crippen LogP contribution in [-0.4, -0.2) is 54.3 Å². The van der Waals surface area contributed by atoms with Crippen LogP contribution in [0.4, 0.5) is 11.9 Å². The molecule has 1 aliphatic rings. The van der Waals surface area contributed by atoms with E-state index in [-0.39, 0.29) is 10.9 Å². The molecule has 0 bridgehead atoms. The maximum absolute atomic E-state index is 5.94. The van der Waals surface area contributed by atoms with Crippen molar-refractivity contribution in [3.05, 3.63) is 5.28 Å². The summed E-state index contributed by atoms with van der Waals surface area (Å²) >= 11 is 5.94. The van der Waals surface area contributed by atoms with E-state index in [1.54, 1.807) is 0 Å². The van der Waals surface area contributed by atoms with Crippen LogP contribution in [0.3, 0.4) is 0 Å². The molecule has 0 N–H and O–H groups in total. The standard InChI is InChI=1S/C11H18ClN5O/c1-11(2)7-17(5-6-18-11)10-14-8(12)13-9(15-10)16(3)4/h5-7H2,1-4H3. The smallest absolute Gasteiger partial charge is 0.231 e. The normalized spacial score (nSPS) is 18.8. The second-order valence-electron chi connectivity index (χ2n) is 5.13. The molecule has 1 aliphatic heterocycles. The first kappa shape index (κ1) is 13.3. The Balaban J connectivity index is 2.27. The van der Waals surface area contributed by atoms with E-state index in [2.05, 4.69) is 33.7 Å². The van der Waals surface area contributed by atoms with Gasteiger partial charge in [0.05, 0.1) is 12.2 Å². The fourth-order valence-corrected chi connectivity index (χ4v) is 2.01. The molecule has 7 heteroatoms. The molecule has 2 heterocycles. The van der Waals surface area contributed by atoms with E-state index in [4.69, 9.17) is 16.3 Å². The molecule has 1 fully saturated rings. The van der Waals surface area contributed by atoms with Crippen LogP contribution in [0.15, 0.2) is 0 Å². The highest BCUT2D eigenvalue weighted by molar-refractivity contribution is 6.28. The molecule has 0 unspecified atom stereocenters. The second-order valence-corrected chi connectivity index (χ2v) is 5.47. The van der Waals surface area contributed by atoms with E-state index in [1.807, 2.05) is 19.0 Å². The topological polar surface area (TPSA) is 54.4 Å². The van der Waals surface area contributed by atoms with Crippen LogP contribution < -0.4 is 9.80 Å². The molecule has 1 aromatic heterocycles. The van der Waals surface area contributed by atoms with Gasteiger partial charge in [-0.2, -0.15) is 15.0 Å². The first-order chi connectivity index (χ1) is 8.37. The number of halogens is 1. The first-order valence-corrected chi connectivity index (χ1v) is 6.23. The van der Waals surface area contributed by atoms with Gasteiger partial charge in [0.15, 0.2) is 0 Å². The van der Waals surface area contributed by atoms with Gasteiger partial charge in [0.25, 0.3) is 0 Å². The molecular formula is C11H18ClN5O. The zero-order chi connectivity index (χ0) is 13.3. The molecule has 0 aromatic carbocycles. The second kappa shape index (κ2) is 4.85. The van der Waals surface area contributed by atoms with Crippen molar-refractivity contribution in [2.75, 3.05) is 43.6 Å². The predicted octanol–water partition coefficient (Wildman–Crippen LogP) is 1.21. The summed E-state index contributed by atoms with van der Waals surface area (Å²) in [7, 11) is 3.75. The molecule has 0 spiro atoms. The minimum atomic E-state index is -0.199. The Morgan fingerprint density at radius 2 is 2.00 bits per heavy atom. The maximum Gasteiger partial charge on any atom is 0.231 e. The summed E-state index contributed by atoms with van der Waals surface area (Å²) in [5, 5.41) is 0.216. The molecule has 0 radical (unpaired) electrons. The Labute approximate surface area is 112 Å². The van der Waals surface area contributed by atoms with Gasteiger partial charge in [-0.05, 0) is 25.4 Å². The highest BCUT2D eigenvalue weighted by Crippen LogP contribution is 2.22. The zero-order valence-electron chi connectivity index (χ0n) is 11.1. The lowest BCUT2D eigenvalue weighted by Crippen LogP contribution is -2.49. The van der Waals surface area contributed by atoms with Crippen LogP contribution >= 0.6 is 11.6 Å². The molecule has 0 aliphatic carbocycles. The largest absolute Gasteiger partial charge is 0.372 e. The number of hydrogen-bond acceptors (Lipinski definition) is 6. The van der Waals surface area contributed by atoms with E-state index in [1.165, 1.54) is 0 Å². The van der Waals surface area contributed by atoms with Crippen molar-refractivity contribution in [3.8, 4) is 0 Å². The third kappa shape index (κ3) is 3.00. The maximum atomic E-state index is 5.94. The van der Waals surface area contributed by atoms with Gasteiger partial charge >= 0.3 is 0 Å². The van der Waals surface area contributed by atoms with E-state index in [0.717, 1.165) is 13.1 Å². The summed E-state index contributed by atoms with van der Waals surface area (Å²) in [6, 6.07) is 0. The van der Waals surface area contributed by atoms with E-state index in [0.29, 0.717) is 18.5 Å². The third-order valence-corrected chi connectivity index (χ3v) is 2.86. The number of rotatable bonds is 2. The summed E-state index contributed by atoms with van der Waals surface area (Å²) in [6.07, 6.45) is 0. The lowest BCUT2D eigenvalue weighted by molar-refractivity contribution is -0.0281. The van der Waals surface area contributed by atoms with Crippen LogP contribution in [0, 0.1) is 0 Å². The molecule has 1 saturated heterocycles. The van der Waals surface area contributed by atoms with Crippen molar-refractivity contribution in [1.29, 1.82) is 0 Å². The quantitative estimate of drug-likeness (QED) is 0.806. The van der Waals surface area contributed by atoms with Gasteiger partial charge in [-0.25, -0.2) is 0 Å². The molecule has 2 rings (SSSR count). The van der Waals surface area contributed by atoms with Crippen LogP contribution in [0.5, 0.6) is 0 Å². The molecular weight excluding hydrogens is 254 g/mol. The van der Waals surface area contributed by atoms with Crippen LogP contribution in [0.25, 0.3) is 0 Å². The Kier molecular flexibility index (Phi) is 3.59. The minimum absolute atomic E-state index is 0.199. The zero-order valence-corrected chi connectivity index (χ0v) is 11.9. The number of ether oxygens (including phenoxy) is 1. The number of hydrogen-bond donors (Lipinski definition) is 0. The molecule has 1 aromatic rings. The van der Waals surface area contributed by atoms with Crippen molar-refractivity contribution in [2.45, 2.75) is 19.4 Å². The SMILES string of the molecule is CN(C)c1nc(Cl)nc(N2CCOC(C)(C)C2)n1. The molecule has 0 saturated carbocycles. The molecule has 18 heavy (non-hydrogen) atoms. The summed E-state index contributed by atoms with van der Waals surface area (Å²) in [5.74, 6) is 1.17. The van der Waals surface area contributed by atoms with E-state index < -0.39 is 0 Å². The highest BCUT2D eigenvalue weighted by Gasteiger charge is 2.29. The van der Waals surface area contributed by atoms with Gasteiger partial charge in [-0.3, -0.25) is 0 Å². The van der Waals surface area contributed by atoms with Crippen LogP contribution in [-0.2, 0) is 4.74 Å². The van der Waals surface area contributed by atoms with Crippen molar-refractivity contribution in [1.82, 2.24) is 15.0 Å². The van der Waals surface area contributed by atoms with Crippen LogP contribution in [0.2, 0.25) is 5.28 Å².